The van der Waals surface area contributed by atoms with Gasteiger partial charge in [-0.2, -0.15) is 0 Å². The van der Waals surface area contributed by atoms with Crippen LogP contribution >= 0.6 is 27.5 Å². The second-order valence-electron chi connectivity index (χ2n) is 4.75. The van der Waals surface area contributed by atoms with E-state index in [1.54, 1.807) is 18.2 Å². The van der Waals surface area contributed by atoms with Crippen LogP contribution in [0.15, 0.2) is 22.7 Å². The number of halogens is 2. The predicted octanol–water partition coefficient (Wildman–Crippen LogP) is 3.72. The SMILES string of the molecule is CC(C)C[C@H](NC(=O)Nc1ccc(Br)c(Cl)c1)C(=O)O. The standard InChI is InChI=1S/C13H16BrClN2O3/c1-7(2)5-11(12(18)19)17-13(20)16-8-3-4-9(14)10(15)6-8/h3-4,6-7,11H,5H2,1-2H3,(H,18,19)(H2,16,17,20)/t11-/m0/s1. The van der Waals surface area contributed by atoms with Gasteiger partial charge in [0.15, 0.2) is 0 Å². The Bertz CT molecular complexity index is 508. The smallest absolute Gasteiger partial charge is 0.326 e. The van der Waals surface area contributed by atoms with Crippen LogP contribution in [0.25, 0.3) is 0 Å². The van der Waals surface area contributed by atoms with Crippen molar-refractivity contribution in [3.8, 4) is 0 Å². The van der Waals surface area contributed by atoms with E-state index in [9.17, 15) is 9.59 Å². The molecule has 5 nitrogen and oxygen atoms in total. The third-order valence-electron chi connectivity index (χ3n) is 2.49. The number of anilines is 1. The summed E-state index contributed by atoms with van der Waals surface area (Å²) in [5.41, 5.74) is 0.490. The monoisotopic (exact) mass is 362 g/mol. The van der Waals surface area contributed by atoms with Crippen molar-refractivity contribution in [1.29, 1.82) is 0 Å². The van der Waals surface area contributed by atoms with Gasteiger partial charge in [0.25, 0.3) is 0 Å². The molecule has 20 heavy (non-hydrogen) atoms. The average Bonchev–Trinajstić information content (AvgIpc) is 2.32. The molecule has 0 saturated heterocycles. The minimum atomic E-state index is -1.05. The maximum atomic E-state index is 11.8. The third kappa shape index (κ3) is 5.38. The molecule has 0 fully saturated rings. The molecule has 7 heteroatoms. The first kappa shape index (κ1) is 16.8. The molecule has 1 aromatic carbocycles. The Hall–Kier alpha value is -1.27. The summed E-state index contributed by atoms with van der Waals surface area (Å²) >= 11 is 9.15. The first-order valence-electron chi connectivity index (χ1n) is 6.05. The van der Waals surface area contributed by atoms with E-state index in [-0.39, 0.29) is 5.92 Å². The first-order chi connectivity index (χ1) is 9.29. The third-order valence-corrected chi connectivity index (χ3v) is 3.72. The van der Waals surface area contributed by atoms with E-state index in [0.29, 0.717) is 21.6 Å². The molecule has 0 radical (unpaired) electrons. The van der Waals surface area contributed by atoms with Crippen molar-refractivity contribution < 1.29 is 14.7 Å². The Labute approximate surface area is 130 Å². The molecule has 0 unspecified atom stereocenters. The van der Waals surface area contributed by atoms with Crippen molar-refractivity contribution in [3.05, 3.63) is 27.7 Å². The van der Waals surface area contributed by atoms with Crippen molar-refractivity contribution in [2.45, 2.75) is 26.3 Å². The molecule has 0 aliphatic heterocycles. The first-order valence-corrected chi connectivity index (χ1v) is 7.22. The van der Waals surface area contributed by atoms with Crippen LogP contribution in [0.3, 0.4) is 0 Å². The fourth-order valence-electron chi connectivity index (χ4n) is 1.59. The normalized spacial score (nSPS) is 12.1. The lowest BCUT2D eigenvalue weighted by molar-refractivity contribution is -0.139. The summed E-state index contributed by atoms with van der Waals surface area (Å²) in [5.74, 6) is -0.888. The largest absolute Gasteiger partial charge is 0.480 e. The minimum Gasteiger partial charge on any atom is -0.480 e. The summed E-state index contributed by atoms with van der Waals surface area (Å²) < 4.78 is 0.716. The van der Waals surface area contributed by atoms with Crippen LogP contribution in [0.5, 0.6) is 0 Å². The highest BCUT2D eigenvalue weighted by Gasteiger charge is 2.21. The number of benzene rings is 1. The lowest BCUT2D eigenvalue weighted by Crippen LogP contribution is -2.43. The molecular weight excluding hydrogens is 348 g/mol. The van der Waals surface area contributed by atoms with Gasteiger partial charge in [0.2, 0.25) is 0 Å². The Kier molecular flexibility index (Phi) is 6.29. The van der Waals surface area contributed by atoms with E-state index in [2.05, 4.69) is 26.6 Å². The Morgan fingerprint density at radius 2 is 2.05 bits per heavy atom. The van der Waals surface area contributed by atoms with E-state index < -0.39 is 18.0 Å². The van der Waals surface area contributed by atoms with Crippen LogP contribution in [0.1, 0.15) is 20.3 Å². The fourth-order valence-corrected chi connectivity index (χ4v) is 2.02. The maximum absolute atomic E-state index is 11.8. The number of amides is 2. The average molecular weight is 364 g/mol. The molecule has 0 aliphatic carbocycles. The lowest BCUT2D eigenvalue weighted by atomic mass is 10.0. The number of hydrogen-bond acceptors (Lipinski definition) is 2. The van der Waals surface area contributed by atoms with E-state index in [1.165, 1.54) is 0 Å². The van der Waals surface area contributed by atoms with Gasteiger partial charge in [0.1, 0.15) is 6.04 Å². The second kappa shape index (κ2) is 7.50. The van der Waals surface area contributed by atoms with Crippen LogP contribution in [-0.4, -0.2) is 23.1 Å². The second-order valence-corrected chi connectivity index (χ2v) is 6.01. The van der Waals surface area contributed by atoms with Crippen LogP contribution < -0.4 is 10.6 Å². The maximum Gasteiger partial charge on any atom is 0.326 e. The van der Waals surface area contributed by atoms with Crippen molar-refractivity contribution >= 4 is 45.2 Å². The summed E-state index contributed by atoms with van der Waals surface area (Å²) in [7, 11) is 0. The molecule has 0 spiro atoms. The summed E-state index contributed by atoms with van der Waals surface area (Å²) in [4.78, 5) is 22.8. The van der Waals surface area contributed by atoms with E-state index in [1.807, 2.05) is 13.8 Å². The van der Waals surface area contributed by atoms with Crippen molar-refractivity contribution in [2.75, 3.05) is 5.32 Å². The Morgan fingerprint density at radius 3 is 2.55 bits per heavy atom. The lowest BCUT2D eigenvalue weighted by Gasteiger charge is -2.17. The number of carbonyl (C=O) groups is 2. The molecule has 1 atom stereocenters. The van der Waals surface area contributed by atoms with Crippen LogP contribution in [-0.2, 0) is 4.79 Å². The zero-order valence-electron chi connectivity index (χ0n) is 11.1. The van der Waals surface area contributed by atoms with Crippen molar-refractivity contribution in [1.82, 2.24) is 5.32 Å². The number of nitrogens with one attached hydrogen (secondary N) is 2. The quantitative estimate of drug-likeness (QED) is 0.746. The van der Waals surface area contributed by atoms with Gasteiger partial charge in [-0.3, -0.25) is 0 Å². The van der Waals surface area contributed by atoms with Gasteiger partial charge in [-0.15, -0.1) is 0 Å². The van der Waals surface area contributed by atoms with Gasteiger partial charge in [0, 0.05) is 10.2 Å². The highest BCUT2D eigenvalue weighted by atomic mass is 79.9. The van der Waals surface area contributed by atoms with Gasteiger partial charge < -0.3 is 15.7 Å². The highest BCUT2D eigenvalue weighted by Crippen LogP contribution is 2.25. The van der Waals surface area contributed by atoms with Gasteiger partial charge in [0.05, 0.1) is 5.02 Å². The summed E-state index contributed by atoms with van der Waals surface area (Å²) in [6, 6.07) is 3.44. The number of rotatable bonds is 5. The van der Waals surface area contributed by atoms with Gasteiger partial charge in [-0.1, -0.05) is 25.4 Å². The van der Waals surface area contributed by atoms with E-state index in [4.69, 9.17) is 16.7 Å². The summed E-state index contributed by atoms with van der Waals surface area (Å²) in [6.07, 6.45) is 0.365. The van der Waals surface area contributed by atoms with Gasteiger partial charge in [-0.05, 0) is 46.5 Å². The molecule has 110 valence electrons. The molecule has 1 aromatic rings. The van der Waals surface area contributed by atoms with Gasteiger partial charge >= 0.3 is 12.0 Å². The molecular formula is C13H16BrClN2O3. The molecule has 3 N–H and O–H groups in total. The molecule has 1 rings (SSSR count). The molecule has 0 heterocycles. The zero-order valence-corrected chi connectivity index (χ0v) is 13.5. The van der Waals surface area contributed by atoms with E-state index in [0.717, 1.165) is 0 Å². The highest BCUT2D eigenvalue weighted by molar-refractivity contribution is 9.10. The summed E-state index contributed by atoms with van der Waals surface area (Å²) in [5, 5.41) is 14.5. The molecule has 0 bridgehead atoms. The Morgan fingerprint density at radius 1 is 1.40 bits per heavy atom. The minimum absolute atomic E-state index is 0.165. The predicted molar refractivity (Wildman–Crippen MR) is 82.2 cm³/mol. The number of aliphatic carboxylic acids is 1. The summed E-state index contributed by atoms with van der Waals surface area (Å²) in [6.45, 7) is 3.79. The molecule has 0 aromatic heterocycles. The Balaban J connectivity index is 2.65. The number of carboxylic acids is 1. The fraction of sp³-hybridized carbons (Fsp3) is 0.385. The van der Waals surface area contributed by atoms with Crippen molar-refractivity contribution in [2.24, 2.45) is 5.92 Å². The zero-order chi connectivity index (χ0) is 15.3. The van der Waals surface area contributed by atoms with Crippen LogP contribution in [0.2, 0.25) is 5.02 Å². The topological polar surface area (TPSA) is 78.4 Å². The molecule has 0 saturated carbocycles. The van der Waals surface area contributed by atoms with Crippen LogP contribution in [0, 0.1) is 5.92 Å². The number of hydrogen-bond donors (Lipinski definition) is 3. The van der Waals surface area contributed by atoms with Crippen molar-refractivity contribution in [3.63, 3.8) is 0 Å². The number of carbonyl (C=O) groups excluding carboxylic acids is 1. The molecule has 0 aliphatic rings. The number of urea groups is 1. The molecule has 2 amide bonds. The number of carboxylic acid groups (broad SMARTS) is 1. The van der Waals surface area contributed by atoms with E-state index >= 15 is 0 Å². The van der Waals surface area contributed by atoms with Gasteiger partial charge in [-0.25, -0.2) is 9.59 Å². The van der Waals surface area contributed by atoms with Crippen LogP contribution in [0.4, 0.5) is 10.5 Å².